The zero-order chi connectivity index (χ0) is 18.8. The van der Waals surface area contributed by atoms with Gasteiger partial charge in [0.2, 0.25) is 0 Å². The van der Waals surface area contributed by atoms with E-state index in [2.05, 4.69) is 32.4 Å². The van der Waals surface area contributed by atoms with Gasteiger partial charge in [0.25, 0.3) is 0 Å². The van der Waals surface area contributed by atoms with Crippen molar-refractivity contribution in [3.8, 4) is 11.4 Å². The highest BCUT2D eigenvalue weighted by Gasteiger charge is 2.20. The van der Waals surface area contributed by atoms with Gasteiger partial charge < -0.3 is 4.57 Å². The lowest BCUT2D eigenvalue weighted by Crippen LogP contribution is -2.46. The van der Waals surface area contributed by atoms with Gasteiger partial charge in [-0.05, 0) is 35.8 Å². The molecule has 1 saturated heterocycles. The monoisotopic (exact) mass is 403 g/mol. The highest BCUT2D eigenvalue weighted by molar-refractivity contribution is 7.71. The maximum absolute atomic E-state index is 14.1. The van der Waals surface area contributed by atoms with Gasteiger partial charge in [-0.15, -0.1) is 11.3 Å². The topological polar surface area (TPSA) is 29.2 Å². The first-order valence-corrected chi connectivity index (χ1v) is 10.3. The van der Waals surface area contributed by atoms with E-state index >= 15 is 0 Å². The Bertz CT molecular complexity index is 955. The third kappa shape index (κ3) is 4.03. The first-order valence-electron chi connectivity index (χ1n) is 8.97. The van der Waals surface area contributed by atoms with Crippen LogP contribution in [0, 0.1) is 10.6 Å². The SMILES string of the molecule is Cn1c(-c2ccccc2F)nn(CN2CCN(Cc3cccs3)CC2)c1=S. The Kier molecular flexibility index (Phi) is 5.49. The fourth-order valence-corrected chi connectivity index (χ4v) is 4.29. The number of nitrogens with zero attached hydrogens (tertiary/aromatic N) is 5. The van der Waals surface area contributed by atoms with Crippen LogP contribution >= 0.6 is 23.6 Å². The van der Waals surface area contributed by atoms with Gasteiger partial charge in [-0.3, -0.25) is 9.80 Å². The van der Waals surface area contributed by atoms with Crippen molar-refractivity contribution in [2.45, 2.75) is 13.2 Å². The fraction of sp³-hybridized carbons (Fsp3) is 0.368. The summed E-state index contributed by atoms with van der Waals surface area (Å²) in [6.45, 7) is 5.65. The molecule has 1 aliphatic rings. The van der Waals surface area contributed by atoms with Crippen molar-refractivity contribution in [3.63, 3.8) is 0 Å². The maximum Gasteiger partial charge on any atom is 0.199 e. The summed E-state index contributed by atoms with van der Waals surface area (Å²) in [6, 6.07) is 11.0. The van der Waals surface area contributed by atoms with Crippen molar-refractivity contribution in [3.05, 3.63) is 57.2 Å². The minimum atomic E-state index is -0.282. The zero-order valence-electron chi connectivity index (χ0n) is 15.2. The Morgan fingerprint density at radius 3 is 2.52 bits per heavy atom. The Morgan fingerprint density at radius 1 is 1.07 bits per heavy atom. The van der Waals surface area contributed by atoms with Crippen LogP contribution in [0.1, 0.15) is 4.88 Å². The van der Waals surface area contributed by atoms with Gasteiger partial charge >= 0.3 is 0 Å². The van der Waals surface area contributed by atoms with E-state index in [1.54, 1.807) is 21.4 Å². The first kappa shape index (κ1) is 18.5. The molecule has 2 aromatic heterocycles. The van der Waals surface area contributed by atoms with E-state index < -0.39 is 0 Å². The molecule has 3 heterocycles. The molecular formula is C19H22FN5S2. The second kappa shape index (κ2) is 8.02. The lowest BCUT2D eigenvalue weighted by Gasteiger charge is -2.34. The average Bonchev–Trinajstić information content (AvgIpc) is 3.28. The molecule has 0 amide bonds. The van der Waals surface area contributed by atoms with Crippen molar-refractivity contribution in [1.82, 2.24) is 24.1 Å². The van der Waals surface area contributed by atoms with Crippen molar-refractivity contribution in [2.24, 2.45) is 7.05 Å². The van der Waals surface area contributed by atoms with E-state index in [0.717, 1.165) is 32.7 Å². The summed E-state index contributed by atoms with van der Waals surface area (Å²) < 4.78 is 18.3. The third-order valence-corrected chi connectivity index (χ3v) is 6.26. The molecule has 0 saturated carbocycles. The summed E-state index contributed by atoms with van der Waals surface area (Å²) in [4.78, 5) is 6.23. The van der Waals surface area contributed by atoms with Crippen LogP contribution in [0.5, 0.6) is 0 Å². The van der Waals surface area contributed by atoms with Gasteiger partial charge in [-0.1, -0.05) is 18.2 Å². The second-order valence-corrected chi connectivity index (χ2v) is 8.16. The van der Waals surface area contributed by atoms with E-state index in [9.17, 15) is 4.39 Å². The highest BCUT2D eigenvalue weighted by Crippen LogP contribution is 2.21. The van der Waals surface area contributed by atoms with Gasteiger partial charge in [0.15, 0.2) is 10.6 Å². The lowest BCUT2D eigenvalue weighted by atomic mass is 10.2. The summed E-state index contributed by atoms with van der Waals surface area (Å²) in [5.74, 6) is 0.282. The number of benzene rings is 1. The van der Waals surface area contributed by atoms with E-state index in [-0.39, 0.29) is 5.82 Å². The van der Waals surface area contributed by atoms with E-state index in [1.165, 1.54) is 10.9 Å². The molecule has 0 radical (unpaired) electrons. The number of piperazine rings is 1. The fourth-order valence-electron chi connectivity index (χ4n) is 3.36. The minimum absolute atomic E-state index is 0.282. The van der Waals surface area contributed by atoms with Crippen molar-refractivity contribution in [2.75, 3.05) is 26.2 Å². The quantitative estimate of drug-likeness (QED) is 0.609. The van der Waals surface area contributed by atoms with Gasteiger partial charge in [0, 0.05) is 44.6 Å². The van der Waals surface area contributed by atoms with Gasteiger partial charge in [0.1, 0.15) is 5.82 Å². The predicted molar refractivity (Wildman–Crippen MR) is 109 cm³/mol. The molecule has 1 aliphatic heterocycles. The molecule has 1 fully saturated rings. The summed E-state index contributed by atoms with van der Waals surface area (Å²) in [6.07, 6.45) is 0. The Balaban J connectivity index is 1.43. The molecular weight excluding hydrogens is 381 g/mol. The van der Waals surface area contributed by atoms with Crippen LogP contribution in [0.2, 0.25) is 0 Å². The van der Waals surface area contributed by atoms with E-state index in [0.29, 0.717) is 22.8 Å². The summed E-state index contributed by atoms with van der Waals surface area (Å²) >= 11 is 7.34. The van der Waals surface area contributed by atoms with E-state index in [1.807, 2.05) is 24.5 Å². The second-order valence-electron chi connectivity index (χ2n) is 6.76. The molecule has 1 aromatic carbocycles. The number of hydrogen-bond donors (Lipinski definition) is 0. The number of halogens is 1. The molecule has 4 rings (SSSR count). The highest BCUT2D eigenvalue weighted by atomic mass is 32.1. The standard InChI is InChI=1S/C19H22FN5S2/c1-22-18(16-6-2-3-7-17(16)20)21-25(19(22)26)14-24-10-8-23(9-11-24)13-15-5-4-12-27-15/h2-7,12H,8-11,13-14H2,1H3. The Morgan fingerprint density at radius 2 is 1.81 bits per heavy atom. The zero-order valence-corrected chi connectivity index (χ0v) is 16.8. The van der Waals surface area contributed by atoms with Crippen LogP contribution in [0.4, 0.5) is 4.39 Å². The maximum atomic E-state index is 14.1. The van der Waals surface area contributed by atoms with E-state index in [4.69, 9.17) is 12.2 Å². The predicted octanol–water partition coefficient (Wildman–Crippen LogP) is 3.59. The molecule has 0 atom stereocenters. The van der Waals surface area contributed by atoms with Gasteiger partial charge in [0.05, 0.1) is 12.2 Å². The molecule has 3 aromatic rings. The molecule has 0 N–H and O–H groups in total. The van der Waals surface area contributed by atoms with Gasteiger partial charge in [-0.2, -0.15) is 5.10 Å². The summed E-state index contributed by atoms with van der Waals surface area (Å²) in [5, 5.41) is 6.72. The van der Waals surface area contributed by atoms with Crippen molar-refractivity contribution >= 4 is 23.6 Å². The summed E-state index contributed by atoms with van der Waals surface area (Å²) in [7, 11) is 1.84. The third-order valence-electron chi connectivity index (χ3n) is 4.91. The van der Waals surface area contributed by atoms with Crippen LogP contribution in [0.3, 0.4) is 0 Å². The molecule has 0 unspecified atom stereocenters. The number of rotatable bonds is 5. The largest absolute Gasteiger partial charge is 0.303 e. The van der Waals surface area contributed by atoms with Crippen LogP contribution in [-0.4, -0.2) is 50.3 Å². The minimum Gasteiger partial charge on any atom is -0.303 e. The smallest absolute Gasteiger partial charge is 0.199 e. The van der Waals surface area contributed by atoms with Crippen LogP contribution in [0.15, 0.2) is 41.8 Å². The average molecular weight is 404 g/mol. The van der Waals surface area contributed by atoms with Crippen LogP contribution < -0.4 is 0 Å². The molecule has 0 aliphatic carbocycles. The van der Waals surface area contributed by atoms with Crippen LogP contribution in [-0.2, 0) is 20.3 Å². The molecule has 0 bridgehead atoms. The number of thiophene rings is 1. The van der Waals surface area contributed by atoms with Gasteiger partial charge in [-0.25, -0.2) is 9.07 Å². The molecule has 8 heteroatoms. The first-order chi connectivity index (χ1) is 13.1. The molecule has 142 valence electrons. The van der Waals surface area contributed by atoms with Crippen LogP contribution in [0.25, 0.3) is 11.4 Å². The summed E-state index contributed by atoms with van der Waals surface area (Å²) in [5.41, 5.74) is 0.477. The number of hydrogen-bond acceptors (Lipinski definition) is 5. The molecule has 0 spiro atoms. The molecule has 27 heavy (non-hydrogen) atoms. The van der Waals surface area contributed by atoms with Crippen molar-refractivity contribution in [1.29, 1.82) is 0 Å². The lowest BCUT2D eigenvalue weighted by molar-refractivity contribution is 0.0987. The molecule has 5 nitrogen and oxygen atoms in total. The Hall–Kier alpha value is -1.87. The number of aromatic nitrogens is 3. The van der Waals surface area contributed by atoms with Crippen molar-refractivity contribution < 1.29 is 4.39 Å². The normalized spacial score (nSPS) is 16.1. The Labute approximate surface area is 167 Å².